The maximum atomic E-state index is 11.9. The standard InChI is InChI=1S/C14H26N4O3/c1-4-7-18-11(15)10(12(20)17-13(18)21)16-9-14(2,3)6-5-8-19/h16,19H,4-9,15H2,1-3H3,(H,17,20,21). The summed E-state index contributed by atoms with van der Waals surface area (Å²) in [5.41, 5.74) is 5.11. The summed E-state index contributed by atoms with van der Waals surface area (Å²) in [5.74, 6) is 0.170. The number of nitrogen functional groups attached to an aromatic ring is 1. The molecule has 0 aliphatic carbocycles. The molecule has 7 nitrogen and oxygen atoms in total. The van der Waals surface area contributed by atoms with Crippen molar-refractivity contribution in [2.45, 2.75) is 46.6 Å². The van der Waals surface area contributed by atoms with E-state index in [1.54, 1.807) is 0 Å². The Morgan fingerprint density at radius 3 is 2.62 bits per heavy atom. The van der Waals surface area contributed by atoms with Crippen molar-refractivity contribution in [2.75, 3.05) is 24.2 Å². The number of aliphatic hydroxyl groups excluding tert-OH is 1. The van der Waals surface area contributed by atoms with Gasteiger partial charge in [-0.15, -0.1) is 0 Å². The lowest BCUT2D eigenvalue weighted by Gasteiger charge is -2.25. The van der Waals surface area contributed by atoms with Gasteiger partial charge in [0.2, 0.25) is 0 Å². The third kappa shape index (κ3) is 4.63. The van der Waals surface area contributed by atoms with Gasteiger partial charge in [-0.05, 0) is 24.7 Å². The highest BCUT2D eigenvalue weighted by Gasteiger charge is 2.19. The van der Waals surface area contributed by atoms with Crippen LogP contribution in [-0.4, -0.2) is 27.8 Å². The molecular formula is C14H26N4O3. The van der Waals surface area contributed by atoms with E-state index in [0.29, 0.717) is 19.5 Å². The normalized spacial score (nSPS) is 11.6. The number of aliphatic hydroxyl groups is 1. The second kappa shape index (κ2) is 7.31. The Hall–Kier alpha value is -1.76. The number of hydrogen-bond acceptors (Lipinski definition) is 5. The fourth-order valence-corrected chi connectivity index (χ4v) is 2.18. The van der Waals surface area contributed by atoms with Gasteiger partial charge in [0.05, 0.1) is 0 Å². The van der Waals surface area contributed by atoms with E-state index in [9.17, 15) is 9.59 Å². The van der Waals surface area contributed by atoms with E-state index in [-0.39, 0.29) is 23.5 Å². The first-order valence-corrected chi connectivity index (χ1v) is 7.29. The lowest BCUT2D eigenvalue weighted by atomic mass is 9.88. The van der Waals surface area contributed by atoms with E-state index in [2.05, 4.69) is 10.3 Å². The molecule has 21 heavy (non-hydrogen) atoms. The Morgan fingerprint density at radius 2 is 2.05 bits per heavy atom. The maximum absolute atomic E-state index is 11.9. The predicted molar refractivity (Wildman–Crippen MR) is 84.6 cm³/mol. The van der Waals surface area contributed by atoms with Gasteiger partial charge in [-0.3, -0.25) is 14.3 Å². The molecule has 0 amide bonds. The Kier molecular flexibility index (Phi) is 6.02. The molecular weight excluding hydrogens is 272 g/mol. The molecule has 7 heteroatoms. The Morgan fingerprint density at radius 1 is 1.38 bits per heavy atom. The van der Waals surface area contributed by atoms with E-state index >= 15 is 0 Å². The first kappa shape index (κ1) is 17.3. The molecule has 1 heterocycles. The average Bonchev–Trinajstić information content (AvgIpc) is 2.41. The molecule has 1 rings (SSSR count). The molecule has 0 unspecified atom stereocenters. The van der Waals surface area contributed by atoms with Gasteiger partial charge in [-0.1, -0.05) is 20.8 Å². The summed E-state index contributed by atoms with van der Waals surface area (Å²) in [4.78, 5) is 25.9. The molecule has 120 valence electrons. The van der Waals surface area contributed by atoms with Crippen molar-refractivity contribution >= 4 is 11.5 Å². The van der Waals surface area contributed by atoms with Crippen LogP contribution in [-0.2, 0) is 6.54 Å². The van der Waals surface area contributed by atoms with E-state index in [1.165, 1.54) is 4.57 Å². The minimum Gasteiger partial charge on any atom is -0.396 e. The van der Waals surface area contributed by atoms with Gasteiger partial charge in [0.25, 0.3) is 5.56 Å². The van der Waals surface area contributed by atoms with Crippen molar-refractivity contribution in [3.8, 4) is 0 Å². The zero-order valence-electron chi connectivity index (χ0n) is 13.0. The second-order valence-corrected chi connectivity index (χ2v) is 6.02. The van der Waals surface area contributed by atoms with Crippen LogP contribution in [0.4, 0.5) is 11.5 Å². The van der Waals surface area contributed by atoms with E-state index in [0.717, 1.165) is 12.8 Å². The number of rotatable bonds is 8. The van der Waals surface area contributed by atoms with Gasteiger partial charge < -0.3 is 16.2 Å². The zero-order valence-corrected chi connectivity index (χ0v) is 13.0. The molecule has 0 atom stereocenters. The van der Waals surface area contributed by atoms with Gasteiger partial charge in [-0.25, -0.2) is 4.79 Å². The summed E-state index contributed by atoms with van der Waals surface area (Å²) in [6, 6.07) is 0. The number of nitrogens with two attached hydrogens (primary N) is 1. The van der Waals surface area contributed by atoms with Crippen LogP contribution in [0.2, 0.25) is 0 Å². The molecule has 0 aliphatic rings. The minimum atomic E-state index is -0.497. The van der Waals surface area contributed by atoms with Crippen molar-refractivity contribution in [3.63, 3.8) is 0 Å². The fraction of sp³-hybridized carbons (Fsp3) is 0.714. The van der Waals surface area contributed by atoms with Gasteiger partial charge in [-0.2, -0.15) is 0 Å². The third-order valence-electron chi connectivity index (χ3n) is 3.44. The summed E-state index contributed by atoms with van der Waals surface area (Å²) in [7, 11) is 0. The van der Waals surface area contributed by atoms with Crippen molar-refractivity contribution in [1.29, 1.82) is 0 Å². The van der Waals surface area contributed by atoms with Crippen LogP contribution >= 0.6 is 0 Å². The Labute approximate surface area is 124 Å². The molecule has 0 aromatic carbocycles. The summed E-state index contributed by atoms with van der Waals surface area (Å²) in [6.07, 6.45) is 2.27. The number of nitrogens with zero attached hydrogens (tertiary/aromatic N) is 1. The van der Waals surface area contributed by atoms with Gasteiger partial charge >= 0.3 is 5.69 Å². The fourth-order valence-electron chi connectivity index (χ4n) is 2.18. The Bertz CT molecular complexity index is 575. The van der Waals surface area contributed by atoms with Gasteiger partial charge in [0.15, 0.2) is 0 Å². The topological polar surface area (TPSA) is 113 Å². The first-order chi connectivity index (χ1) is 9.82. The van der Waals surface area contributed by atoms with E-state index < -0.39 is 11.2 Å². The highest BCUT2D eigenvalue weighted by atomic mass is 16.3. The molecule has 5 N–H and O–H groups in total. The SMILES string of the molecule is CCCn1c(N)c(NCC(C)(C)CCCO)c(=O)[nH]c1=O. The number of aromatic amines is 1. The van der Waals surface area contributed by atoms with Crippen LogP contribution < -0.4 is 22.3 Å². The molecule has 0 saturated carbocycles. The number of H-pyrrole nitrogens is 1. The number of anilines is 2. The molecule has 1 aromatic rings. The Balaban J connectivity index is 2.96. The molecule has 0 fully saturated rings. The first-order valence-electron chi connectivity index (χ1n) is 7.29. The van der Waals surface area contributed by atoms with Gasteiger partial charge in [0.1, 0.15) is 11.5 Å². The van der Waals surface area contributed by atoms with Crippen molar-refractivity contribution in [2.24, 2.45) is 5.41 Å². The average molecular weight is 298 g/mol. The molecule has 0 spiro atoms. The summed E-state index contributed by atoms with van der Waals surface area (Å²) in [5, 5.41) is 11.9. The van der Waals surface area contributed by atoms with E-state index in [1.807, 2.05) is 20.8 Å². The van der Waals surface area contributed by atoms with Crippen LogP contribution in [0.3, 0.4) is 0 Å². The molecule has 0 radical (unpaired) electrons. The van der Waals surface area contributed by atoms with Crippen LogP contribution in [0, 0.1) is 5.41 Å². The molecule has 1 aromatic heterocycles. The molecule has 0 aliphatic heterocycles. The van der Waals surface area contributed by atoms with Crippen LogP contribution in [0.1, 0.15) is 40.0 Å². The monoisotopic (exact) mass is 298 g/mol. The number of nitrogens with one attached hydrogen (secondary N) is 2. The number of aromatic nitrogens is 2. The van der Waals surface area contributed by atoms with Crippen LogP contribution in [0.5, 0.6) is 0 Å². The predicted octanol–water partition coefficient (Wildman–Crippen LogP) is 0.739. The lowest BCUT2D eigenvalue weighted by Crippen LogP contribution is -2.35. The highest BCUT2D eigenvalue weighted by Crippen LogP contribution is 2.23. The largest absolute Gasteiger partial charge is 0.396 e. The van der Waals surface area contributed by atoms with Crippen molar-refractivity contribution in [1.82, 2.24) is 9.55 Å². The zero-order chi connectivity index (χ0) is 16.0. The smallest absolute Gasteiger partial charge is 0.330 e. The lowest BCUT2D eigenvalue weighted by molar-refractivity contribution is 0.248. The molecule has 0 saturated heterocycles. The van der Waals surface area contributed by atoms with E-state index in [4.69, 9.17) is 10.8 Å². The van der Waals surface area contributed by atoms with Crippen molar-refractivity contribution in [3.05, 3.63) is 20.8 Å². The third-order valence-corrected chi connectivity index (χ3v) is 3.44. The quantitative estimate of drug-likeness (QED) is 0.565. The van der Waals surface area contributed by atoms with Crippen LogP contribution in [0.25, 0.3) is 0 Å². The van der Waals surface area contributed by atoms with Crippen molar-refractivity contribution < 1.29 is 5.11 Å². The summed E-state index contributed by atoms with van der Waals surface area (Å²) in [6.45, 7) is 7.16. The maximum Gasteiger partial charge on any atom is 0.330 e. The summed E-state index contributed by atoms with van der Waals surface area (Å²) >= 11 is 0. The second-order valence-electron chi connectivity index (χ2n) is 6.02. The van der Waals surface area contributed by atoms with Gasteiger partial charge in [0, 0.05) is 19.7 Å². The van der Waals surface area contributed by atoms with Crippen LogP contribution in [0.15, 0.2) is 9.59 Å². The highest BCUT2D eigenvalue weighted by molar-refractivity contribution is 5.60. The minimum absolute atomic E-state index is 0.0899. The molecule has 0 bridgehead atoms. The number of hydrogen-bond donors (Lipinski definition) is 4. The summed E-state index contributed by atoms with van der Waals surface area (Å²) < 4.78 is 1.37.